The molecule has 0 aromatic heterocycles. The Bertz CT molecular complexity index is 172. The highest BCUT2D eigenvalue weighted by Crippen LogP contribution is 2.10. The molecule has 74 valence electrons. The van der Waals surface area contributed by atoms with Crippen LogP contribution in [0.5, 0.6) is 0 Å². The Labute approximate surface area is 83.0 Å². The molecule has 0 atom stereocenters. The normalized spacial score (nSPS) is 12.3. The molecular formula is C13H22. The van der Waals surface area contributed by atoms with Crippen LogP contribution in [0.4, 0.5) is 0 Å². The Morgan fingerprint density at radius 1 is 1.31 bits per heavy atom. The molecule has 0 rings (SSSR count). The summed E-state index contributed by atoms with van der Waals surface area (Å²) in [5.41, 5.74) is 1.46. The summed E-state index contributed by atoms with van der Waals surface area (Å²) in [5.74, 6) is 0. The summed E-state index contributed by atoms with van der Waals surface area (Å²) in [5, 5.41) is 0. The first kappa shape index (κ1) is 12.2. The molecule has 0 radical (unpaired) electrons. The van der Waals surface area contributed by atoms with Crippen molar-refractivity contribution in [1.82, 2.24) is 0 Å². The third kappa shape index (κ3) is 7.58. The zero-order valence-electron chi connectivity index (χ0n) is 9.05. The maximum Gasteiger partial charge on any atom is -0.0282 e. The topological polar surface area (TPSA) is 0 Å². The molecule has 0 unspecified atom stereocenters. The highest BCUT2D eigenvalue weighted by Gasteiger charge is 1.90. The number of rotatable bonds is 7. The first-order valence-corrected chi connectivity index (χ1v) is 5.27. The van der Waals surface area contributed by atoms with Crippen molar-refractivity contribution in [3.63, 3.8) is 0 Å². The van der Waals surface area contributed by atoms with Crippen LogP contribution < -0.4 is 0 Å². The Balaban J connectivity index is 3.61. The van der Waals surface area contributed by atoms with Crippen LogP contribution in [0.15, 0.2) is 36.5 Å². The first-order valence-electron chi connectivity index (χ1n) is 5.27. The monoisotopic (exact) mass is 178 g/mol. The van der Waals surface area contributed by atoms with Gasteiger partial charge in [-0.3, -0.25) is 0 Å². The van der Waals surface area contributed by atoms with Gasteiger partial charge < -0.3 is 0 Å². The van der Waals surface area contributed by atoms with E-state index in [0.717, 1.165) is 12.8 Å². The SMILES string of the molecule is C=CCCCCC(/C=C\CC)=C/C. The van der Waals surface area contributed by atoms with Crippen molar-refractivity contribution in [2.75, 3.05) is 0 Å². The zero-order valence-corrected chi connectivity index (χ0v) is 9.05. The first-order chi connectivity index (χ1) is 6.35. The number of hydrogen-bond acceptors (Lipinski definition) is 0. The summed E-state index contributed by atoms with van der Waals surface area (Å²) in [6, 6.07) is 0. The van der Waals surface area contributed by atoms with Gasteiger partial charge in [-0.1, -0.05) is 36.8 Å². The molecule has 0 spiro atoms. The van der Waals surface area contributed by atoms with E-state index in [1.807, 2.05) is 6.08 Å². The van der Waals surface area contributed by atoms with Gasteiger partial charge >= 0.3 is 0 Å². The molecule has 0 saturated heterocycles. The van der Waals surface area contributed by atoms with Crippen molar-refractivity contribution in [1.29, 1.82) is 0 Å². The lowest BCUT2D eigenvalue weighted by molar-refractivity contribution is 0.749. The fourth-order valence-corrected chi connectivity index (χ4v) is 1.21. The quantitative estimate of drug-likeness (QED) is 0.302. The Morgan fingerprint density at radius 3 is 2.62 bits per heavy atom. The fraction of sp³-hybridized carbons (Fsp3) is 0.538. The largest absolute Gasteiger partial charge is 0.103 e. The molecule has 0 fully saturated rings. The minimum Gasteiger partial charge on any atom is -0.103 e. The number of hydrogen-bond donors (Lipinski definition) is 0. The van der Waals surface area contributed by atoms with Crippen LogP contribution in [-0.4, -0.2) is 0 Å². The highest BCUT2D eigenvalue weighted by molar-refractivity contribution is 5.17. The van der Waals surface area contributed by atoms with E-state index in [4.69, 9.17) is 0 Å². The Morgan fingerprint density at radius 2 is 2.08 bits per heavy atom. The van der Waals surface area contributed by atoms with Crippen molar-refractivity contribution in [2.45, 2.75) is 46.0 Å². The summed E-state index contributed by atoms with van der Waals surface area (Å²) < 4.78 is 0. The Kier molecular flexibility index (Phi) is 8.75. The maximum atomic E-state index is 3.72. The third-order valence-corrected chi connectivity index (χ3v) is 2.06. The summed E-state index contributed by atoms with van der Waals surface area (Å²) in [7, 11) is 0. The average Bonchev–Trinajstić information content (AvgIpc) is 2.17. The molecule has 0 nitrogen and oxygen atoms in total. The van der Waals surface area contributed by atoms with Crippen molar-refractivity contribution in [3.05, 3.63) is 36.5 Å². The predicted octanol–water partition coefficient (Wildman–Crippen LogP) is 4.65. The van der Waals surface area contributed by atoms with Gasteiger partial charge in [0.25, 0.3) is 0 Å². The number of unbranched alkanes of at least 4 members (excludes halogenated alkanes) is 2. The van der Waals surface area contributed by atoms with Gasteiger partial charge in [0.05, 0.1) is 0 Å². The van der Waals surface area contributed by atoms with E-state index >= 15 is 0 Å². The third-order valence-electron chi connectivity index (χ3n) is 2.06. The van der Waals surface area contributed by atoms with E-state index < -0.39 is 0 Å². The van der Waals surface area contributed by atoms with Gasteiger partial charge in [0.2, 0.25) is 0 Å². The van der Waals surface area contributed by atoms with Gasteiger partial charge in [-0.15, -0.1) is 6.58 Å². The van der Waals surface area contributed by atoms with Gasteiger partial charge in [-0.2, -0.15) is 0 Å². The lowest BCUT2D eigenvalue weighted by Crippen LogP contribution is -1.80. The van der Waals surface area contributed by atoms with Crippen LogP contribution in [0.3, 0.4) is 0 Å². The standard InChI is InChI=1S/C13H22/c1-4-7-9-10-12-13(6-3)11-8-5-2/h4,6,8,11H,1,5,7,9-10,12H2,2-3H3/b11-8-,13-6+. The smallest absolute Gasteiger partial charge is 0.0282 e. The molecule has 0 saturated carbocycles. The molecule has 0 aliphatic heterocycles. The lowest BCUT2D eigenvalue weighted by atomic mass is 10.1. The Hall–Kier alpha value is -0.780. The molecule has 0 aromatic rings. The highest BCUT2D eigenvalue weighted by atomic mass is 14.0. The zero-order chi connectivity index (χ0) is 9.94. The molecule has 0 bridgehead atoms. The van der Waals surface area contributed by atoms with Gasteiger partial charge in [-0.25, -0.2) is 0 Å². The second kappa shape index (κ2) is 9.31. The van der Waals surface area contributed by atoms with Crippen LogP contribution >= 0.6 is 0 Å². The van der Waals surface area contributed by atoms with Crippen LogP contribution in [0.1, 0.15) is 46.0 Å². The molecule has 0 aliphatic carbocycles. The van der Waals surface area contributed by atoms with Gasteiger partial charge in [0.1, 0.15) is 0 Å². The van der Waals surface area contributed by atoms with E-state index in [-0.39, 0.29) is 0 Å². The van der Waals surface area contributed by atoms with Crippen LogP contribution in [0.2, 0.25) is 0 Å². The van der Waals surface area contributed by atoms with Crippen LogP contribution in [0.25, 0.3) is 0 Å². The van der Waals surface area contributed by atoms with E-state index in [2.05, 4.69) is 38.7 Å². The molecule has 0 heteroatoms. The molecular weight excluding hydrogens is 156 g/mol. The summed E-state index contributed by atoms with van der Waals surface area (Å²) in [6.45, 7) is 8.00. The number of allylic oxidation sites excluding steroid dienone is 5. The molecule has 0 amide bonds. The lowest BCUT2D eigenvalue weighted by Gasteiger charge is -2.00. The van der Waals surface area contributed by atoms with Gasteiger partial charge in [-0.05, 0) is 39.0 Å². The summed E-state index contributed by atoms with van der Waals surface area (Å²) in [4.78, 5) is 0. The van der Waals surface area contributed by atoms with E-state index in [0.29, 0.717) is 0 Å². The van der Waals surface area contributed by atoms with Crippen molar-refractivity contribution in [2.24, 2.45) is 0 Å². The van der Waals surface area contributed by atoms with E-state index in [9.17, 15) is 0 Å². The van der Waals surface area contributed by atoms with Gasteiger partial charge in [0.15, 0.2) is 0 Å². The maximum absolute atomic E-state index is 3.72. The molecule has 0 heterocycles. The molecule has 0 aliphatic rings. The van der Waals surface area contributed by atoms with Crippen LogP contribution in [0, 0.1) is 0 Å². The van der Waals surface area contributed by atoms with Crippen molar-refractivity contribution in [3.8, 4) is 0 Å². The summed E-state index contributed by atoms with van der Waals surface area (Å²) >= 11 is 0. The molecule has 13 heavy (non-hydrogen) atoms. The van der Waals surface area contributed by atoms with E-state index in [1.165, 1.54) is 24.8 Å². The van der Waals surface area contributed by atoms with Crippen molar-refractivity contribution < 1.29 is 0 Å². The summed E-state index contributed by atoms with van der Waals surface area (Å²) in [6.07, 6.45) is 14.7. The second-order valence-electron chi connectivity index (χ2n) is 3.21. The minimum absolute atomic E-state index is 1.13. The van der Waals surface area contributed by atoms with Gasteiger partial charge in [0, 0.05) is 0 Å². The van der Waals surface area contributed by atoms with E-state index in [1.54, 1.807) is 0 Å². The minimum atomic E-state index is 1.13. The average molecular weight is 178 g/mol. The van der Waals surface area contributed by atoms with Crippen LogP contribution in [-0.2, 0) is 0 Å². The second-order valence-corrected chi connectivity index (χ2v) is 3.21. The fourth-order valence-electron chi connectivity index (χ4n) is 1.21. The molecule has 0 aromatic carbocycles. The molecule has 0 N–H and O–H groups in total. The predicted molar refractivity (Wildman–Crippen MR) is 61.9 cm³/mol. The van der Waals surface area contributed by atoms with Crippen molar-refractivity contribution >= 4 is 0 Å².